The molecule has 0 heterocycles. The van der Waals surface area contributed by atoms with Crippen LogP contribution < -0.4 is 5.32 Å². The summed E-state index contributed by atoms with van der Waals surface area (Å²) in [7, 11) is 0. The third-order valence-electron chi connectivity index (χ3n) is 4.54. The number of unbranched alkanes of at least 4 members (excludes halogenated alkanes) is 5. The SMILES string of the molecule is CCCCCCCCOCC(O)CNCCC1CCCC1. The summed E-state index contributed by atoms with van der Waals surface area (Å²) in [6.45, 7) is 5.23. The third-order valence-corrected chi connectivity index (χ3v) is 4.54. The van der Waals surface area contributed by atoms with Gasteiger partial charge in [-0.25, -0.2) is 0 Å². The Kier molecular flexibility index (Phi) is 12.2. The standard InChI is InChI=1S/C18H37NO2/c1-2-3-4-5-6-9-14-21-16-18(20)15-19-13-12-17-10-7-8-11-17/h17-20H,2-16H2,1H3. The predicted molar refractivity (Wildman–Crippen MR) is 89.6 cm³/mol. The molecule has 1 unspecified atom stereocenters. The van der Waals surface area contributed by atoms with E-state index in [1.165, 1.54) is 64.2 Å². The van der Waals surface area contributed by atoms with Crippen LogP contribution in [0.3, 0.4) is 0 Å². The van der Waals surface area contributed by atoms with E-state index >= 15 is 0 Å². The summed E-state index contributed by atoms with van der Waals surface area (Å²) in [5.41, 5.74) is 0. The summed E-state index contributed by atoms with van der Waals surface area (Å²) in [6, 6.07) is 0. The third kappa shape index (κ3) is 11.1. The first-order chi connectivity index (χ1) is 10.3. The summed E-state index contributed by atoms with van der Waals surface area (Å²) < 4.78 is 5.54. The topological polar surface area (TPSA) is 41.5 Å². The van der Waals surface area contributed by atoms with Gasteiger partial charge in [-0.2, -0.15) is 0 Å². The quantitative estimate of drug-likeness (QED) is 0.478. The molecule has 0 radical (unpaired) electrons. The molecule has 0 amide bonds. The number of nitrogens with one attached hydrogen (secondary N) is 1. The maximum atomic E-state index is 9.83. The van der Waals surface area contributed by atoms with Gasteiger partial charge in [0, 0.05) is 13.2 Å². The highest BCUT2D eigenvalue weighted by molar-refractivity contribution is 4.68. The van der Waals surface area contributed by atoms with Crippen molar-refractivity contribution in [2.24, 2.45) is 5.92 Å². The highest BCUT2D eigenvalue weighted by Gasteiger charge is 2.14. The maximum absolute atomic E-state index is 9.83. The van der Waals surface area contributed by atoms with Gasteiger partial charge in [0.25, 0.3) is 0 Å². The normalized spacial score (nSPS) is 17.4. The summed E-state index contributed by atoms with van der Waals surface area (Å²) in [6.07, 6.45) is 14.3. The van der Waals surface area contributed by atoms with Crippen molar-refractivity contribution in [3.05, 3.63) is 0 Å². The zero-order valence-corrected chi connectivity index (χ0v) is 14.1. The second-order valence-electron chi connectivity index (χ2n) is 6.64. The number of aliphatic hydroxyl groups is 1. The Bertz CT molecular complexity index is 217. The van der Waals surface area contributed by atoms with Crippen molar-refractivity contribution in [1.82, 2.24) is 5.32 Å². The lowest BCUT2D eigenvalue weighted by Gasteiger charge is -2.14. The van der Waals surface area contributed by atoms with Gasteiger partial charge in [-0.1, -0.05) is 64.7 Å². The zero-order valence-electron chi connectivity index (χ0n) is 14.1. The minimum atomic E-state index is -0.353. The van der Waals surface area contributed by atoms with Gasteiger partial charge in [0.15, 0.2) is 0 Å². The first-order valence-electron chi connectivity index (χ1n) is 9.29. The molecule has 3 heteroatoms. The second-order valence-corrected chi connectivity index (χ2v) is 6.64. The van der Waals surface area contributed by atoms with Gasteiger partial charge < -0.3 is 15.2 Å². The van der Waals surface area contributed by atoms with Crippen molar-refractivity contribution in [2.45, 2.75) is 83.7 Å². The average molecular weight is 299 g/mol. The van der Waals surface area contributed by atoms with Crippen molar-refractivity contribution in [1.29, 1.82) is 0 Å². The Labute approximate surface area is 131 Å². The van der Waals surface area contributed by atoms with Crippen molar-refractivity contribution in [2.75, 3.05) is 26.3 Å². The summed E-state index contributed by atoms with van der Waals surface area (Å²) in [5, 5.41) is 13.2. The Morgan fingerprint density at radius 3 is 2.57 bits per heavy atom. The number of hydrogen-bond donors (Lipinski definition) is 2. The van der Waals surface area contributed by atoms with Gasteiger partial charge in [0.05, 0.1) is 12.7 Å². The van der Waals surface area contributed by atoms with Crippen molar-refractivity contribution >= 4 is 0 Å². The molecular weight excluding hydrogens is 262 g/mol. The van der Waals surface area contributed by atoms with Crippen LogP contribution >= 0.6 is 0 Å². The fourth-order valence-corrected chi connectivity index (χ4v) is 3.14. The van der Waals surface area contributed by atoms with Crippen molar-refractivity contribution in [3.63, 3.8) is 0 Å². The highest BCUT2D eigenvalue weighted by Crippen LogP contribution is 2.26. The van der Waals surface area contributed by atoms with E-state index in [9.17, 15) is 5.11 Å². The van der Waals surface area contributed by atoms with Crippen molar-refractivity contribution < 1.29 is 9.84 Å². The molecule has 3 nitrogen and oxygen atoms in total. The number of aliphatic hydroxyl groups excluding tert-OH is 1. The van der Waals surface area contributed by atoms with E-state index in [4.69, 9.17) is 4.74 Å². The molecule has 1 aliphatic carbocycles. The Morgan fingerprint density at radius 1 is 1.10 bits per heavy atom. The molecule has 0 aromatic heterocycles. The van der Waals surface area contributed by atoms with Crippen LogP contribution in [-0.2, 0) is 4.74 Å². The van der Waals surface area contributed by atoms with Crippen molar-refractivity contribution in [3.8, 4) is 0 Å². The fourth-order valence-electron chi connectivity index (χ4n) is 3.14. The molecule has 0 aromatic carbocycles. The average Bonchev–Trinajstić information content (AvgIpc) is 3.00. The van der Waals surface area contributed by atoms with E-state index in [0.717, 1.165) is 25.5 Å². The summed E-state index contributed by atoms with van der Waals surface area (Å²) in [4.78, 5) is 0. The molecule has 0 aromatic rings. The molecule has 1 fully saturated rings. The molecular formula is C18H37NO2. The molecule has 1 aliphatic rings. The maximum Gasteiger partial charge on any atom is 0.0897 e. The van der Waals surface area contributed by atoms with Crippen LogP contribution in [0, 0.1) is 5.92 Å². The Balaban J connectivity index is 1.77. The van der Waals surface area contributed by atoms with E-state index < -0.39 is 0 Å². The Hall–Kier alpha value is -0.120. The number of ether oxygens (including phenoxy) is 1. The molecule has 0 saturated heterocycles. The molecule has 1 atom stereocenters. The molecule has 0 spiro atoms. The first-order valence-corrected chi connectivity index (χ1v) is 9.29. The van der Waals surface area contributed by atoms with Crippen LogP contribution in [-0.4, -0.2) is 37.5 Å². The van der Waals surface area contributed by atoms with Gasteiger partial charge in [-0.3, -0.25) is 0 Å². The van der Waals surface area contributed by atoms with Gasteiger partial charge in [0.2, 0.25) is 0 Å². The molecule has 1 saturated carbocycles. The Morgan fingerprint density at radius 2 is 1.81 bits per heavy atom. The number of rotatable bonds is 14. The van der Waals surface area contributed by atoms with Crippen LogP contribution in [0.5, 0.6) is 0 Å². The largest absolute Gasteiger partial charge is 0.389 e. The van der Waals surface area contributed by atoms with Crippen LogP contribution in [0.4, 0.5) is 0 Å². The second kappa shape index (κ2) is 13.5. The van der Waals surface area contributed by atoms with Crippen LogP contribution in [0.2, 0.25) is 0 Å². The lowest BCUT2D eigenvalue weighted by atomic mass is 10.0. The van der Waals surface area contributed by atoms with E-state index in [2.05, 4.69) is 12.2 Å². The highest BCUT2D eigenvalue weighted by atomic mass is 16.5. The van der Waals surface area contributed by atoms with Gasteiger partial charge in [-0.15, -0.1) is 0 Å². The molecule has 0 aliphatic heterocycles. The van der Waals surface area contributed by atoms with Crippen LogP contribution in [0.1, 0.15) is 77.6 Å². The van der Waals surface area contributed by atoms with Gasteiger partial charge in [0.1, 0.15) is 0 Å². The zero-order chi connectivity index (χ0) is 15.2. The van der Waals surface area contributed by atoms with E-state index in [-0.39, 0.29) is 6.10 Å². The van der Waals surface area contributed by atoms with E-state index in [1.807, 2.05) is 0 Å². The molecule has 0 bridgehead atoms. The smallest absolute Gasteiger partial charge is 0.0897 e. The molecule has 1 rings (SSSR count). The molecule has 126 valence electrons. The van der Waals surface area contributed by atoms with E-state index in [0.29, 0.717) is 13.2 Å². The van der Waals surface area contributed by atoms with Gasteiger partial charge in [-0.05, 0) is 25.3 Å². The van der Waals surface area contributed by atoms with Crippen LogP contribution in [0.15, 0.2) is 0 Å². The first kappa shape index (κ1) is 18.9. The predicted octanol–water partition coefficient (Wildman–Crippen LogP) is 3.89. The van der Waals surface area contributed by atoms with Crippen LogP contribution in [0.25, 0.3) is 0 Å². The molecule has 2 N–H and O–H groups in total. The molecule has 21 heavy (non-hydrogen) atoms. The minimum Gasteiger partial charge on any atom is -0.389 e. The summed E-state index contributed by atoms with van der Waals surface area (Å²) >= 11 is 0. The number of hydrogen-bond acceptors (Lipinski definition) is 3. The van der Waals surface area contributed by atoms with Gasteiger partial charge >= 0.3 is 0 Å². The fraction of sp³-hybridized carbons (Fsp3) is 1.00. The minimum absolute atomic E-state index is 0.353. The van der Waals surface area contributed by atoms with E-state index in [1.54, 1.807) is 0 Å². The summed E-state index contributed by atoms with van der Waals surface area (Å²) in [5.74, 6) is 0.929. The lowest BCUT2D eigenvalue weighted by Crippen LogP contribution is -2.31. The lowest BCUT2D eigenvalue weighted by molar-refractivity contribution is 0.0354. The monoisotopic (exact) mass is 299 g/mol.